The molecule has 0 unspecified atom stereocenters. The first-order chi connectivity index (χ1) is 9.20. The number of aromatic nitrogens is 1. The minimum Gasteiger partial charge on any atom is -0.398 e. The number of hydrogen-bond donors (Lipinski definition) is 2. The van der Waals surface area contributed by atoms with E-state index < -0.39 is 5.54 Å². The molecule has 0 aliphatic rings. The third-order valence-electron chi connectivity index (χ3n) is 2.98. The fourth-order valence-corrected chi connectivity index (χ4v) is 2.12. The predicted octanol–water partition coefficient (Wildman–Crippen LogP) is 1.65. The zero-order chi connectivity index (χ0) is 15.1. The van der Waals surface area contributed by atoms with E-state index >= 15 is 0 Å². The molecule has 5 heteroatoms. The van der Waals surface area contributed by atoms with Crippen LogP contribution in [-0.2, 0) is 7.05 Å². The van der Waals surface area contributed by atoms with Gasteiger partial charge in [0.1, 0.15) is 5.56 Å². The Labute approximate surface area is 117 Å². The molecule has 5 nitrogen and oxygen atoms in total. The SMILES string of the molecule is Cn1cc(C(=O)NC(C)(C)C)c(=O)c2c(N)cccc21. The molecular formula is C15H19N3O2. The van der Waals surface area contributed by atoms with Crippen LogP contribution >= 0.6 is 0 Å². The summed E-state index contributed by atoms with van der Waals surface area (Å²) < 4.78 is 1.74. The van der Waals surface area contributed by atoms with E-state index in [1.54, 1.807) is 36.0 Å². The molecule has 0 atom stereocenters. The third kappa shape index (κ3) is 2.52. The first-order valence-corrected chi connectivity index (χ1v) is 6.41. The number of nitrogens with two attached hydrogens (primary N) is 1. The minimum absolute atomic E-state index is 0.104. The second-order valence-electron chi connectivity index (χ2n) is 5.93. The lowest BCUT2D eigenvalue weighted by Crippen LogP contribution is -2.42. The van der Waals surface area contributed by atoms with Gasteiger partial charge in [-0.1, -0.05) is 6.07 Å². The number of fused-ring (bicyclic) bond motifs is 1. The Balaban J connectivity index is 2.68. The van der Waals surface area contributed by atoms with Crippen LogP contribution in [0.2, 0.25) is 0 Å². The topological polar surface area (TPSA) is 77.1 Å². The molecule has 1 heterocycles. The van der Waals surface area contributed by atoms with Gasteiger partial charge >= 0.3 is 0 Å². The number of amides is 1. The van der Waals surface area contributed by atoms with Crippen molar-refractivity contribution in [2.24, 2.45) is 7.05 Å². The van der Waals surface area contributed by atoms with Crippen molar-refractivity contribution in [1.29, 1.82) is 0 Å². The first kappa shape index (κ1) is 14.1. The number of pyridine rings is 1. The number of anilines is 1. The summed E-state index contributed by atoms with van der Waals surface area (Å²) in [5.41, 5.74) is 6.34. The molecule has 0 radical (unpaired) electrons. The number of nitrogen functional groups attached to an aromatic ring is 1. The van der Waals surface area contributed by atoms with Gasteiger partial charge in [-0.3, -0.25) is 9.59 Å². The quantitative estimate of drug-likeness (QED) is 0.776. The maximum Gasteiger partial charge on any atom is 0.257 e. The highest BCUT2D eigenvalue weighted by atomic mass is 16.2. The van der Waals surface area contributed by atoms with Crippen LogP contribution in [0.25, 0.3) is 10.9 Å². The van der Waals surface area contributed by atoms with E-state index in [0.717, 1.165) is 0 Å². The number of nitrogens with one attached hydrogen (secondary N) is 1. The number of benzene rings is 1. The Hall–Kier alpha value is -2.30. The van der Waals surface area contributed by atoms with E-state index in [0.29, 0.717) is 16.6 Å². The van der Waals surface area contributed by atoms with E-state index in [-0.39, 0.29) is 16.9 Å². The average Bonchev–Trinajstić information content (AvgIpc) is 2.31. The lowest BCUT2D eigenvalue weighted by atomic mass is 10.1. The summed E-state index contributed by atoms with van der Waals surface area (Å²) >= 11 is 0. The monoisotopic (exact) mass is 273 g/mol. The second-order valence-corrected chi connectivity index (χ2v) is 5.93. The van der Waals surface area contributed by atoms with Gasteiger partial charge in [0.05, 0.1) is 10.9 Å². The molecular weight excluding hydrogens is 254 g/mol. The third-order valence-corrected chi connectivity index (χ3v) is 2.98. The van der Waals surface area contributed by atoms with Gasteiger partial charge in [-0.15, -0.1) is 0 Å². The lowest BCUT2D eigenvalue weighted by molar-refractivity contribution is 0.0918. The zero-order valence-electron chi connectivity index (χ0n) is 12.2. The summed E-state index contributed by atoms with van der Waals surface area (Å²) in [4.78, 5) is 24.7. The van der Waals surface area contributed by atoms with Gasteiger partial charge in [-0.2, -0.15) is 0 Å². The highest BCUT2D eigenvalue weighted by Gasteiger charge is 2.20. The molecule has 20 heavy (non-hydrogen) atoms. The molecule has 0 saturated carbocycles. The maximum atomic E-state index is 12.5. The molecule has 106 valence electrons. The Morgan fingerprint density at radius 3 is 2.55 bits per heavy atom. The van der Waals surface area contributed by atoms with Crippen molar-refractivity contribution < 1.29 is 4.79 Å². The maximum absolute atomic E-state index is 12.5. The molecule has 0 spiro atoms. The van der Waals surface area contributed by atoms with E-state index in [2.05, 4.69) is 5.32 Å². The molecule has 1 amide bonds. The lowest BCUT2D eigenvalue weighted by Gasteiger charge is -2.20. The molecule has 2 aromatic rings. The first-order valence-electron chi connectivity index (χ1n) is 6.41. The van der Waals surface area contributed by atoms with Gasteiger partial charge in [0, 0.05) is 24.5 Å². The number of aryl methyl sites for hydroxylation is 1. The standard InChI is InChI=1S/C15H19N3O2/c1-15(2,3)17-14(20)9-8-18(4)11-7-5-6-10(16)12(11)13(9)19/h5-8H,16H2,1-4H3,(H,17,20). The molecule has 0 saturated heterocycles. The van der Waals surface area contributed by atoms with E-state index in [1.165, 1.54) is 0 Å². The van der Waals surface area contributed by atoms with Crippen LogP contribution in [0.15, 0.2) is 29.2 Å². The predicted molar refractivity (Wildman–Crippen MR) is 80.8 cm³/mol. The van der Waals surface area contributed by atoms with Gasteiger partial charge in [0.15, 0.2) is 0 Å². The van der Waals surface area contributed by atoms with Crippen LogP contribution in [-0.4, -0.2) is 16.0 Å². The normalized spacial score (nSPS) is 11.6. The van der Waals surface area contributed by atoms with Crippen LogP contribution < -0.4 is 16.5 Å². The molecule has 1 aromatic heterocycles. The van der Waals surface area contributed by atoms with Crippen molar-refractivity contribution in [3.8, 4) is 0 Å². The number of hydrogen-bond acceptors (Lipinski definition) is 3. The van der Waals surface area contributed by atoms with E-state index in [1.807, 2.05) is 20.8 Å². The zero-order valence-corrected chi connectivity index (χ0v) is 12.2. The second kappa shape index (κ2) is 4.67. The summed E-state index contributed by atoms with van der Waals surface area (Å²) in [6.07, 6.45) is 1.55. The van der Waals surface area contributed by atoms with Crippen LogP contribution in [0.3, 0.4) is 0 Å². The number of rotatable bonds is 1. The molecule has 3 N–H and O–H groups in total. The van der Waals surface area contributed by atoms with Crippen molar-refractivity contribution in [1.82, 2.24) is 9.88 Å². The highest BCUT2D eigenvalue weighted by Crippen LogP contribution is 2.17. The Morgan fingerprint density at radius 1 is 1.30 bits per heavy atom. The largest absolute Gasteiger partial charge is 0.398 e. The van der Waals surface area contributed by atoms with Gasteiger partial charge in [0.25, 0.3) is 5.91 Å². The van der Waals surface area contributed by atoms with Crippen LogP contribution in [0.4, 0.5) is 5.69 Å². The van der Waals surface area contributed by atoms with Crippen molar-refractivity contribution in [3.05, 3.63) is 40.2 Å². The summed E-state index contributed by atoms with van der Waals surface area (Å²) in [5.74, 6) is -0.386. The Morgan fingerprint density at radius 2 is 1.95 bits per heavy atom. The van der Waals surface area contributed by atoms with Gasteiger partial charge in [-0.05, 0) is 32.9 Å². The smallest absolute Gasteiger partial charge is 0.257 e. The van der Waals surface area contributed by atoms with Gasteiger partial charge in [-0.25, -0.2) is 0 Å². The molecule has 0 fully saturated rings. The van der Waals surface area contributed by atoms with E-state index in [4.69, 9.17) is 5.73 Å². The number of carbonyl (C=O) groups is 1. The number of nitrogens with zero attached hydrogens (tertiary/aromatic N) is 1. The Kier molecular flexibility index (Phi) is 3.29. The summed E-state index contributed by atoms with van der Waals surface area (Å²) in [7, 11) is 1.79. The van der Waals surface area contributed by atoms with Crippen LogP contribution in [0, 0.1) is 0 Å². The van der Waals surface area contributed by atoms with Crippen molar-refractivity contribution >= 4 is 22.5 Å². The fraction of sp³-hybridized carbons (Fsp3) is 0.333. The van der Waals surface area contributed by atoms with Gasteiger partial charge < -0.3 is 15.6 Å². The molecule has 2 rings (SSSR count). The van der Waals surface area contributed by atoms with Crippen molar-refractivity contribution in [2.75, 3.05) is 5.73 Å². The summed E-state index contributed by atoms with van der Waals surface area (Å²) in [6, 6.07) is 5.25. The van der Waals surface area contributed by atoms with Crippen LogP contribution in [0.5, 0.6) is 0 Å². The highest BCUT2D eigenvalue weighted by molar-refractivity contribution is 6.00. The minimum atomic E-state index is -0.403. The fourth-order valence-electron chi connectivity index (χ4n) is 2.12. The van der Waals surface area contributed by atoms with Crippen molar-refractivity contribution in [3.63, 3.8) is 0 Å². The molecule has 0 aliphatic carbocycles. The molecule has 1 aromatic carbocycles. The number of carbonyl (C=O) groups excluding carboxylic acids is 1. The van der Waals surface area contributed by atoms with Crippen molar-refractivity contribution in [2.45, 2.75) is 26.3 Å². The summed E-state index contributed by atoms with van der Waals surface area (Å²) in [6.45, 7) is 5.60. The Bertz CT molecular complexity index is 739. The summed E-state index contributed by atoms with van der Waals surface area (Å²) in [5, 5.41) is 3.18. The van der Waals surface area contributed by atoms with E-state index in [9.17, 15) is 9.59 Å². The van der Waals surface area contributed by atoms with Gasteiger partial charge in [0.2, 0.25) is 5.43 Å². The molecule has 0 bridgehead atoms. The van der Waals surface area contributed by atoms with Crippen LogP contribution in [0.1, 0.15) is 31.1 Å². The average molecular weight is 273 g/mol. The molecule has 0 aliphatic heterocycles.